The minimum Gasteiger partial charge on any atom is -0.497 e. The number of rotatable bonds is 5. The van der Waals surface area contributed by atoms with Crippen LogP contribution in [0, 0.1) is 5.92 Å². The highest BCUT2D eigenvalue weighted by atomic mass is 32.2. The molecule has 0 saturated carbocycles. The quantitative estimate of drug-likeness (QED) is 0.689. The fourth-order valence-electron chi connectivity index (χ4n) is 5.85. The van der Waals surface area contributed by atoms with Crippen LogP contribution in [0.4, 0.5) is 0 Å². The van der Waals surface area contributed by atoms with Gasteiger partial charge in [-0.25, -0.2) is 0 Å². The van der Waals surface area contributed by atoms with Gasteiger partial charge in [-0.3, -0.25) is 9.69 Å². The lowest BCUT2D eigenvalue weighted by Gasteiger charge is -2.33. The van der Waals surface area contributed by atoms with Crippen molar-refractivity contribution in [2.45, 2.75) is 42.3 Å². The van der Waals surface area contributed by atoms with Crippen molar-refractivity contribution >= 4 is 17.7 Å². The average Bonchev–Trinajstić information content (AvgIpc) is 3.39. The molecule has 3 aliphatic heterocycles. The van der Waals surface area contributed by atoms with Crippen LogP contribution in [0.2, 0.25) is 0 Å². The number of thioether (sulfide) groups is 1. The molecule has 3 saturated heterocycles. The van der Waals surface area contributed by atoms with Crippen molar-refractivity contribution in [3.05, 3.63) is 59.7 Å². The number of carbonyl (C=O) groups excluding carboxylic acids is 1. The van der Waals surface area contributed by atoms with Crippen molar-refractivity contribution in [1.82, 2.24) is 9.80 Å². The molecule has 0 aliphatic carbocycles. The molecule has 3 atom stereocenters. The van der Waals surface area contributed by atoms with E-state index in [0.29, 0.717) is 24.4 Å². The first-order valence-electron chi connectivity index (χ1n) is 10.5. The Hall–Kier alpha value is -1.98. The van der Waals surface area contributed by atoms with E-state index < -0.39 is 0 Å². The number of hydrogen-bond donors (Lipinski definition) is 0. The molecular formula is C24H28N2O2S. The van der Waals surface area contributed by atoms with Crippen molar-refractivity contribution < 1.29 is 9.53 Å². The van der Waals surface area contributed by atoms with Crippen molar-refractivity contribution in [2.75, 3.05) is 26.5 Å². The van der Waals surface area contributed by atoms with Gasteiger partial charge in [-0.1, -0.05) is 24.3 Å². The Morgan fingerprint density at radius 2 is 2.03 bits per heavy atom. The number of likely N-dealkylation sites (tertiary alicyclic amines) is 1. The largest absolute Gasteiger partial charge is 0.497 e. The SMILES string of the molecule is COc1cccc(CN2C[C@@H]3C[C@@H](c4ccc(SC)cc4)N4CCC[C@@]34C2=O)c1. The first-order valence-corrected chi connectivity index (χ1v) is 11.7. The number of benzene rings is 2. The van der Waals surface area contributed by atoms with Crippen molar-refractivity contribution in [2.24, 2.45) is 5.92 Å². The first kappa shape index (κ1) is 19.0. The Morgan fingerprint density at radius 1 is 1.21 bits per heavy atom. The molecule has 0 N–H and O–H groups in total. The van der Waals surface area contributed by atoms with Crippen LogP contribution in [0.25, 0.3) is 0 Å². The third-order valence-electron chi connectivity index (χ3n) is 7.14. The lowest BCUT2D eigenvalue weighted by Crippen LogP contribution is -2.49. The van der Waals surface area contributed by atoms with Crippen LogP contribution >= 0.6 is 11.8 Å². The van der Waals surface area contributed by atoms with Crippen LogP contribution in [0.15, 0.2) is 53.4 Å². The van der Waals surface area contributed by atoms with Gasteiger partial charge in [0.2, 0.25) is 5.91 Å². The molecule has 2 aromatic rings. The van der Waals surface area contributed by atoms with Crippen LogP contribution in [-0.4, -0.2) is 47.7 Å². The van der Waals surface area contributed by atoms with E-state index in [1.165, 1.54) is 10.5 Å². The molecule has 0 bridgehead atoms. The van der Waals surface area contributed by atoms with E-state index >= 15 is 0 Å². The molecule has 1 spiro atoms. The Labute approximate surface area is 177 Å². The van der Waals surface area contributed by atoms with E-state index in [-0.39, 0.29) is 5.54 Å². The summed E-state index contributed by atoms with van der Waals surface area (Å²) in [7, 11) is 1.69. The number of hydrogen-bond acceptors (Lipinski definition) is 4. The summed E-state index contributed by atoms with van der Waals surface area (Å²) in [6.07, 6.45) is 5.32. The maximum atomic E-state index is 13.7. The second kappa shape index (κ2) is 7.37. The monoisotopic (exact) mass is 408 g/mol. The Kier molecular flexibility index (Phi) is 4.83. The van der Waals surface area contributed by atoms with Gasteiger partial charge in [-0.2, -0.15) is 0 Å². The summed E-state index contributed by atoms with van der Waals surface area (Å²) in [5.74, 6) is 1.61. The molecule has 0 radical (unpaired) electrons. The molecule has 3 aliphatic rings. The van der Waals surface area contributed by atoms with Gasteiger partial charge >= 0.3 is 0 Å². The molecule has 0 aromatic heterocycles. The van der Waals surface area contributed by atoms with Crippen molar-refractivity contribution in [1.29, 1.82) is 0 Å². The predicted octanol–water partition coefficient (Wildman–Crippen LogP) is 4.36. The van der Waals surface area contributed by atoms with Gasteiger partial charge in [0.25, 0.3) is 0 Å². The summed E-state index contributed by atoms with van der Waals surface area (Å²) in [6.45, 7) is 2.57. The highest BCUT2D eigenvalue weighted by molar-refractivity contribution is 7.98. The fourth-order valence-corrected chi connectivity index (χ4v) is 6.26. The normalized spacial score (nSPS) is 28.6. The van der Waals surface area contributed by atoms with E-state index in [4.69, 9.17) is 4.74 Å². The average molecular weight is 409 g/mol. The Balaban J connectivity index is 1.39. The summed E-state index contributed by atoms with van der Waals surface area (Å²) >= 11 is 1.78. The molecular weight excluding hydrogens is 380 g/mol. The predicted molar refractivity (Wildman–Crippen MR) is 116 cm³/mol. The maximum Gasteiger partial charge on any atom is 0.243 e. The van der Waals surface area contributed by atoms with E-state index in [9.17, 15) is 4.79 Å². The van der Waals surface area contributed by atoms with Gasteiger partial charge in [-0.15, -0.1) is 11.8 Å². The number of methoxy groups -OCH3 is 1. The smallest absolute Gasteiger partial charge is 0.243 e. The third kappa shape index (κ3) is 2.98. The van der Waals surface area contributed by atoms with Crippen LogP contribution < -0.4 is 4.74 Å². The van der Waals surface area contributed by atoms with E-state index in [0.717, 1.165) is 43.7 Å². The standard InChI is InChI=1S/C24H28N2O2S/c1-28-20-6-3-5-17(13-20)15-25-16-19-14-22(18-7-9-21(29-2)10-8-18)26-12-4-11-24(19,26)23(25)27/h3,5-10,13,19,22H,4,11-12,14-16H2,1-2H3/t19-,22-,24-/m0/s1. The topological polar surface area (TPSA) is 32.8 Å². The summed E-state index contributed by atoms with van der Waals surface area (Å²) in [4.78, 5) is 19.6. The van der Waals surface area contributed by atoms with Gasteiger partial charge in [0.1, 0.15) is 11.3 Å². The summed E-state index contributed by atoms with van der Waals surface area (Å²) in [5.41, 5.74) is 2.23. The van der Waals surface area contributed by atoms with E-state index in [1.54, 1.807) is 18.9 Å². The van der Waals surface area contributed by atoms with Crippen LogP contribution in [0.3, 0.4) is 0 Å². The Bertz CT molecular complexity index is 915. The second-order valence-corrected chi connectivity index (χ2v) is 9.36. The van der Waals surface area contributed by atoms with Gasteiger partial charge < -0.3 is 9.64 Å². The molecule has 3 fully saturated rings. The zero-order chi connectivity index (χ0) is 20.0. The lowest BCUT2D eigenvalue weighted by molar-refractivity contribution is -0.137. The van der Waals surface area contributed by atoms with E-state index in [1.807, 2.05) is 18.2 Å². The van der Waals surface area contributed by atoms with Crippen LogP contribution in [0.5, 0.6) is 5.75 Å². The zero-order valence-corrected chi connectivity index (χ0v) is 18.0. The summed E-state index contributed by atoms with van der Waals surface area (Å²) in [6, 6.07) is 17.4. The Morgan fingerprint density at radius 3 is 2.79 bits per heavy atom. The molecule has 5 rings (SSSR count). The maximum absolute atomic E-state index is 13.7. The van der Waals surface area contributed by atoms with Gasteiger partial charge in [0, 0.05) is 29.9 Å². The minimum atomic E-state index is -0.276. The molecule has 29 heavy (non-hydrogen) atoms. The third-order valence-corrected chi connectivity index (χ3v) is 7.88. The molecule has 152 valence electrons. The zero-order valence-electron chi connectivity index (χ0n) is 17.1. The summed E-state index contributed by atoms with van der Waals surface area (Å²) in [5, 5.41) is 0. The molecule has 3 heterocycles. The number of nitrogens with zero attached hydrogens (tertiary/aromatic N) is 2. The molecule has 1 amide bonds. The van der Waals surface area contributed by atoms with Crippen molar-refractivity contribution in [3.8, 4) is 5.75 Å². The number of carbonyl (C=O) groups is 1. The fraction of sp³-hybridized carbons (Fsp3) is 0.458. The van der Waals surface area contributed by atoms with E-state index in [2.05, 4.69) is 46.4 Å². The lowest BCUT2D eigenvalue weighted by atomic mass is 9.85. The molecule has 0 unspecified atom stereocenters. The minimum absolute atomic E-state index is 0.276. The van der Waals surface area contributed by atoms with Crippen LogP contribution in [-0.2, 0) is 11.3 Å². The summed E-state index contributed by atoms with van der Waals surface area (Å²) < 4.78 is 5.36. The number of amides is 1. The molecule has 4 nitrogen and oxygen atoms in total. The van der Waals surface area contributed by atoms with Gasteiger partial charge in [0.05, 0.1) is 7.11 Å². The van der Waals surface area contributed by atoms with Gasteiger partial charge in [0.15, 0.2) is 0 Å². The second-order valence-electron chi connectivity index (χ2n) is 8.48. The number of ether oxygens (including phenoxy) is 1. The molecule has 5 heteroatoms. The highest BCUT2D eigenvalue weighted by Crippen LogP contribution is 2.56. The van der Waals surface area contributed by atoms with Gasteiger partial charge in [-0.05, 0) is 67.5 Å². The van der Waals surface area contributed by atoms with Crippen LogP contribution in [0.1, 0.15) is 36.4 Å². The molecule has 2 aromatic carbocycles. The van der Waals surface area contributed by atoms with Crippen molar-refractivity contribution in [3.63, 3.8) is 0 Å². The highest BCUT2D eigenvalue weighted by Gasteiger charge is 2.64. The first-order chi connectivity index (χ1) is 14.2.